The summed E-state index contributed by atoms with van der Waals surface area (Å²) in [6, 6.07) is 0. The molecule has 0 spiro atoms. The zero-order valence-electron chi connectivity index (χ0n) is 6.17. The number of hydrogen-bond donors (Lipinski definition) is 2. The summed E-state index contributed by atoms with van der Waals surface area (Å²) in [6.45, 7) is 1.23. The maximum absolute atomic E-state index is 10.6. The smallest absolute Gasteiger partial charge is 0.316 e. The van der Waals surface area contributed by atoms with Gasteiger partial charge in [-0.05, 0) is 25.9 Å². The van der Waals surface area contributed by atoms with E-state index in [1.807, 2.05) is 0 Å². The van der Waals surface area contributed by atoms with Crippen molar-refractivity contribution in [3.05, 3.63) is 0 Å². The SMILES string of the molecule is O=CC1(C(=O)O)CCNCC1. The van der Waals surface area contributed by atoms with Crippen LogP contribution in [0.5, 0.6) is 0 Å². The van der Waals surface area contributed by atoms with Gasteiger partial charge in [0, 0.05) is 0 Å². The monoisotopic (exact) mass is 157 g/mol. The first kappa shape index (κ1) is 8.20. The van der Waals surface area contributed by atoms with Crippen LogP contribution in [0.1, 0.15) is 12.8 Å². The molecule has 1 rings (SSSR count). The van der Waals surface area contributed by atoms with Crippen LogP contribution < -0.4 is 5.32 Å². The van der Waals surface area contributed by atoms with Crippen molar-refractivity contribution >= 4 is 12.3 Å². The third-order valence-corrected chi connectivity index (χ3v) is 2.15. The summed E-state index contributed by atoms with van der Waals surface area (Å²) >= 11 is 0. The van der Waals surface area contributed by atoms with Gasteiger partial charge < -0.3 is 15.2 Å². The van der Waals surface area contributed by atoms with Crippen LogP contribution in [0.15, 0.2) is 0 Å². The molecular weight excluding hydrogens is 146 g/mol. The second-order valence-corrected chi connectivity index (χ2v) is 2.83. The number of carboxylic acid groups (broad SMARTS) is 1. The predicted molar refractivity (Wildman–Crippen MR) is 38.2 cm³/mol. The number of aldehydes is 1. The summed E-state index contributed by atoms with van der Waals surface area (Å²) in [6.07, 6.45) is 1.38. The Bertz CT molecular complexity index is 173. The highest BCUT2D eigenvalue weighted by atomic mass is 16.4. The number of aliphatic carboxylic acids is 1. The fourth-order valence-corrected chi connectivity index (χ4v) is 1.26. The lowest BCUT2D eigenvalue weighted by molar-refractivity contribution is -0.152. The molecule has 0 amide bonds. The molecule has 1 aliphatic rings. The lowest BCUT2D eigenvalue weighted by Crippen LogP contribution is -2.43. The zero-order valence-corrected chi connectivity index (χ0v) is 6.17. The summed E-state index contributed by atoms with van der Waals surface area (Å²) in [5, 5.41) is 11.7. The van der Waals surface area contributed by atoms with Gasteiger partial charge in [-0.25, -0.2) is 0 Å². The molecule has 11 heavy (non-hydrogen) atoms. The van der Waals surface area contributed by atoms with Crippen LogP contribution in [0.4, 0.5) is 0 Å². The number of rotatable bonds is 2. The van der Waals surface area contributed by atoms with Crippen molar-refractivity contribution in [3.63, 3.8) is 0 Å². The molecule has 1 fully saturated rings. The fraction of sp³-hybridized carbons (Fsp3) is 0.714. The molecule has 1 saturated heterocycles. The summed E-state index contributed by atoms with van der Waals surface area (Å²) in [5.74, 6) is -0.992. The van der Waals surface area contributed by atoms with Crippen molar-refractivity contribution in [3.8, 4) is 0 Å². The number of carbonyl (C=O) groups is 2. The van der Waals surface area contributed by atoms with Crippen molar-refractivity contribution in [2.45, 2.75) is 12.8 Å². The molecule has 62 valence electrons. The van der Waals surface area contributed by atoms with Gasteiger partial charge in [0.1, 0.15) is 11.7 Å². The third kappa shape index (κ3) is 1.40. The molecule has 0 aromatic heterocycles. The Kier molecular flexibility index (Phi) is 2.24. The quantitative estimate of drug-likeness (QED) is 0.424. The van der Waals surface area contributed by atoms with E-state index in [-0.39, 0.29) is 0 Å². The Morgan fingerprint density at radius 2 is 2.00 bits per heavy atom. The number of carboxylic acids is 1. The Hall–Kier alpha value is -0.900. The molecule has 0 aromatic carbocycles. The van der Waals surface area contributed by atoms with Gasteiger partial charge in [-0.1, -0.05) is 0 Å². The Morgan fingerprint density at radius 1 is 1.45 bits per heavy atom. The van der Waals surface area contributed by atoms with Crippen molar-refractivity contribution in [2.75, 3.05) is 13.1 Å². The standard InChI is InChI=1S/C7H11NO3/c9-5-7(6(10)11)1-3-8-4-2-7/h5,8H,1-4H2,(H,10,11). The Balaban J connectivity index is 2.72. The number of piperidine rings is 1. The van der Waals surface area contributed by atoms with Crippen molar-refractivity contribution in [1.29, 1.82) is 0 Å². The zero-order chi connectivity index (χ0) is 8.32. The first-order chi connectivity index (χ1) is 5.21. The van der Waals surface area contributed by atoms with E-state index < -0.39 is 11.4 Å². The molecule has 4 nitrogen and oxygen atoms in total. The van der Waals surface area contributed by atoms with Crippen LogP contribution in [0.25, 0.3) is 0 Å². The topological polar surface area (TPSA) is 66.4 Å². The lowest BCUT2D eigenvalue weighted by Gasteiger charge is -2.27. The second-order valence-electron chi connectivity index (χ2n) is 2.83. The average Bonchev–Trinajstić information content (AvgIpc) is 2.05. The summed E-state index contributed by atoms with van der Waals surface area (Å²) in [7, 11) is 0. The van der Waals surface area contributed by atoms with Gasteiger partial charge in [0.05, 0.1) is 0 Å². The van der Waals surface area contributed by atoms with Crippen LogP contribution in [0.3, 0.4) is 0 Å². The second kappa shape index (κ2) is 3.00. The van der Waals surface area contributed by atoms with Crippen molar-refractivity contribution < 1.29 is 14.7 Å². The molecular formula is C7H11NO3. The van der Waals surface area contributed by atoms with Crippen LogP contribution in [-0.4, -0.2) is 30.5 Å². The Morgan fingerprint density at radius 3 is 2.27 bits per heavy atom. The van der Waals surface area contributed by atoms with E-state index in [1.165, 1.54) is 0 Å². The van der Waals surface area contributed by atoms with Gasteiger partial charge in [-0.3, -0.25) is 4.79 Å². The van der Waals surface area contributed by atoms with E-state index in [9.17, 15) is 9.59 Å². The molecule has 1 aliphatic heterocycles. The fourth-order valence-electron chi connectivity index (χ4n) is 1.26. The first-order valence-corrected chi connectivity index (χ1v) is 3.62. The highest BCUT2D eigenvalue weighted by Gasteiger charge is 2.39. The van der Waals surface area contributed by atoms with E-state index in [0.717, 1.165) is 0 Å². The van der Waals surface area contributed by atoms with Gasteiger partial charge >= 0.3 is 5.97 Å². The Labute approximate surface area is 64.6 Å². The van der Waals surface area contributed by atoms with Crippen LogP contribution in [-0.2, 0) is 9.59 Å². The third-order valence-electron chi connectivity index (χ3n) is 2.15. The predicted octanol–water partition coefficient (Wildman–Crippen LogP) is -0.360. The minimum atomic E-state index is -1.11. The number of hydrogen-bond acceptors (Lipinski definition) is 3. The number of carbonyl (C=O) groups excluding carboxylic acids is 1. The first-order valence-electron chi connectivity index (χ1n) is 3.62. The number of nitrogens with one attached hydrogen (secondary N) is 1. The highest BCUT2D eigenvalue weighted by molar-refractivity contribution is 5.92. The van der Waals surface area contributed by atoms with Crippen molar-refractivity contribution in [2.24, 2.45) is 5.41 Å². The molecule has 2 N–H and O–H groups in total. The van der Waals surface area contributed by atoms with Gasteiger partial charge in [0.2, 0.25) is 0 Å². The summed E-state index contributed by atoms with van der Waals surface area (Å²) in [5.41, 5.74) is -1.11. The summed E-state index contributed by atoms with van der Waals surface area (Å²) in [4.78, 5) is 21.2. The lowest BCUT2D eigenvalue weighted by atomic mass is 9.81. The van der Waals surface area contributed by atoms with Gasteiger partial charge in [-0.2, -0.15) is 0 Å². The molecule has 1 heterocycles. The molecule has 0 atom stereocenters. The molecule has 0 unspecified atom stereocenters. The van der Waals surface area contributed by atoms with Gasteiger partial charge in [0.25, 0.3) is 0 Å². The molecule has 0 saturated carbocycles. The van der Waals surface area contributed by atoms with Gasteiger partial charge in [0.15, 0.2) is 0 Å². The highest BCUT2D eigenvalue weighted by Crippen LogP contribution is 2.25. The van der Waals surface area contributed by atoms with E-state index in [1.54, 1.807) is 0 Å². The molecule has 4 heteroatoms. The van der Waals surface area contributed by atoms with Crippen LogP contribution >= 0.6 is 0 Å². The minimum Gasteiger partial charge on any atom is -0.481 e. The largest absolute Gasteiger partial charge is 0.481 e. The van der Waals surface area contributed by atoms with Gasteiger partial charge in [-0.15, -0.1) is 0 Å². The van der Waals surface area contributed by atoms with E-state index in [4.69, 9.17) is 5.11 Å². The molecule has 0 bridgehead atoms. The van der Waals surface area contributed by atoms with E-state index >= 15 is 0 Å². The average molecular weight is 157 g/mol. The van der Waals surface area contributed by atoms with Crippen LogP contribution in [0.2, 0.25) is 0 Å². The van der Waals surface area contributed by atoms with Crippen LogP contribution in [0, 0.1) is 5.41 Å². The summed E-state index contributed by atoms with van der Waals surface area (Å²) < 4.78 is 0. The van der Waals surface area contributed by atoms with Crippen molar-refractivity contribution in [1.82, 2.24) is 5.32 Å². The molecule has 0 aromatic rings. The molecule has 0 radical (unpaired) electrons. The van der Waals surface area contributed by atoms with E-state index in [2.05, 4.69) is 5.32 Å². The minimum absolute atomic E-state index is 0.409. The molecule has 0 aliphatic carbocycles. The maximum Gasteiger partial charge on any atom is 0.316 e. The van der Waals surface area contributed by atoms with E-state index in [0.29, 0.717) is 32.2 Å². The maximum atomic E-state index is 10.6. The normalized spacial score (nSPS) is 22.5.